The van der Waals surface area contributed by atoms with E-state index >= 15 is 0 Å². The van der Waals surface area contributed by atoms with Crippen LogP contribution in [0, 0.1) is 35.5 Å². The molecule has 3 fully saturated rings. The van der Waals surface area contributed by atoms with E-state index in [0.717, 1.165) is 0 Å². The fraction of sp³-hybridized carbons (Fsp3) is 0.636. The average Bonchev–Trinajstić information content (AvgIpc) is 2.64. The Morgan fingerprint density at radius 1 is 1.00 bits per heavy atom. The lowest BCUT2D eigenvalue weighted by molar-refractivity contribution is -0.137. The molecular weight excluding hydrogens is 178 g/mol. The molecule has 0 aromatic heterocycles. The Labute approximate surface area is 81.5 Å². The number of amides is 2. The third-order valence-corrected chi connectivity index (χ3v) is 4.65. The molecule has 2 amide bonds. The molecular formula is C11H11NO2. The molecule has 3 heteroatoms. The van der Waals surface area contributed by atoms with E-state index in [2.05, 4.69) is 17.5 Å². The Bertz CT molecular complexity index is 353. The van der Waals surface area contributed by atoms with Crippen molar-refractivity contribution in [3.8, 4) is 0 Å². The number of nitrogens with one attached hydrogen (secondary N) is 1. The summed E-state index contributed by atoms with van der Waals surface area (Å²) >= 11 is 0. The minimum absolute atomic E-state index is 0.0119. The van der Waals surface area contributed by atoms with E-state index in [0.29, 0.717) is 23.7 Å². The topological polar surface area (TPSA) is 46.2 Å². The molecule has 1 heterocycles. The van der Waals surface area contributed by atoms with E-state index in [1.807, 2.05) is 0 Å². The quantitative estimate of drug-likeness (QED) is 0.441. The first-order valence-electron chi connectivity index (χ1n) is 5.30. The van der Waals surface area contributed by atoms with Gasteiger partial charge in [0.25, 0.3) is 0 Å². The highest BCUT2D eigenvalue weighted by atomic mass is 16.2. The second-order valence-corrected chi connectivity index (χ2v) is 5.01. The standard InChI is InChI=1S/C11H11NO2/c13-10-8-6-4-1-2-5(3-4)7(6)9(8)11(14)12-10/h1-2,4-9H,3H2,(H,12,13,14)/t4?,5?,6?,7?,8-,9?/m0/s1. The number of fused-ring (bicyclic) bond motifs is 8. The minimum Gasteiger partial charge on any atom is -0.296 e. The fourth-order valence-corrected chi connectivity index (χ4v) is 4.21. The van der Waals surface area contributed by atoms with Crippen LogP contribution in [0.25, 0.3) is 0 Å². The molecule has 0 aromatic carbocycles. The van der Waals surface area contributed by atoms with Gasteiger partial charge in [0.2, 0.25) is 11.8 Å². The van der Waals surface area contributed by atoms with Gasteiger partial charge in [0.1, 0.15) is 0 Å². The van der Waals surface area contributed by atoms with Gasteiger partial charge in [0, 0.05) is 0 Å². The van der Waals surface area contributed by atoms with Crippen molar-refractivity contribution in [1.82, 2.24) is 5.32 Å². The normalized spacial score (nSPS) is 56.9. The Morgan fingerprint density at radius 2 is 1.50 bits per heavy atom. The number of rotatable bonds is 0. The number of carbonyl (C=O) groups is 2. The molecule has 6 atom stereocenters. The average molecular weight is 189 g/mol. The zero-order valence-electron chi connectivity index (χ0n) is 7.64. The molecule has 1 saturated heterocycles. The van der Waals surface area contributed by atoms with Crippen molar-refractivity contribution >= 4 is 11.8 Å². The maximum absolute atomic E-state index is 11.5. The van der Waals surface area contributed by atoms with Gasteiger partial charge >= 0.3 is 0 Å². The third-order valence-electron chi connectivity index (χ3n) is 4.65. The summed E-state index contributed by atoms with van der Waals surface area (Å²) in [5.74, 6) is 2.16. The van der Waals surface area contributed by atoms with Crippen molar-refractivity contribution in [2.45, 2.75) is 6.42 Å². The second-order valence-electron chi connectivity index (χ2n) is 5.01. The van der Waals surface area contributed by atoms with Crippen molar-refractivity contribution in [2.24, 2.45) is 35.5 Å². The smallest absolute Gasteiger partial charge is 0.230 e. The lowest BCUT2D eigenvalue weighted by Crippen LogP contribution is -2.50. The molecule has 0 radical (unpaired) electrons. The van der Waals surface area contributed by atoms with Crippen LogP contribution in [0.4, 0.5) is 0 Å². The highest BCUT2D eigenvalue weighted by molar-refractivity contribution is 6.07. The highest BCUT2D eigenvalue weighted by Gasteiger charge is 2.68. The Morgan fingerprint density at radius 3 is 2.00 bits per heavy atom. The maximum atomic E-state index is 11.5. The molecule has 1 aliphatic heterocycles. The first kappa shape index (κ1) is 7.21. The lowest BCUT2D eigenvalue weighted by Gasteiger charge is -2.46. The Hall–Kier alpha value is -1.12. The second kappa shape index (κ2) is 1.95. The van der Waals surface area contributed by atoms with E-state index in [1.165, 1.54) is 6.42 Å². The molecule has 4 aliphatic rings. The molecule has 0 aromatic rings. The molecule has 4 rings (SSSR count). The first-order chi connectivity index (χ1) is 6.77. The van der Waals surface area contributed by atoms with E-state index < -0.39 is 0 Å². The van der Waals surface area contributed by atoms with Gasteiger partial charge in [-0.1, -0.05) is 12.2 Å². The molecule has 72 valence electrons. The number of hydrogen-bond donors (Lipinski definition) is 1. The van der Waals surface area contributed by atoms with Gasteiger partial charge in [-0.05, 0) is 30.1 Å². The summed E-state index contributed by atoms with van der Waals surface area (Å²) in [5, 5.41) is 2.47. The monoisotopic (exact) mass is 189 g/mol. The van der Waals surface area contributed by atoms with Crippen LogP contribution in [0.2, 0.25) is 0 Å². The van der Waals surface area contributed by atoms with Gasteiger partial charge in [-0.25, -0.2) is 0 Å². The van der Waals surface area contributed by atoms with E-state index in [-0.39, 0.29) is 23.7 Å². The SMILES string of the molecule is O=C1NC(=O)[C@@H]2C1C1C3C=CC(C3)C12. The number of imide groups is 1. The summed E-state index contributed by atoms with van der Waals surface area (Å²) in [7, 11) is 0. The maximum Gasteiger partial charge on any atom is 0.230 e. The predicted molar refractivity (Wildman–Crippen MR) is 47.8 cm³/mol. The minimum atomic E-state index is -0.0119. The summed E-state index contributed by atoms with van der Waals surface area (Å²) < 4.78 is 0. The molecule has 0 spiro atoms. The fourth-order valence-electron chi connectivity index (χ4n) is 4.21. The van der Waals surface area contributed by atoms with Crippen molar-refractivity contribution in [3.05, 3.63) is 12.2 Å². The van der Waals surface area contributed by atoms with Crippen LogP contribution < -0.4 is 5.32 Å². The van der Waals surface area contributed by atoms with Crippen LogP contribution in [0.3, 0.4) is 0 Å². The molecule has 2 bridgehead atoms. The van der Waals surface area contributed by atoms with Crippen LogP contribution in [0.1, 0.15) is 6.42 Å². The van der Waals surface area contributed by atoms with Gasteiger partial charge in [-0.3, -0.25) is 14.9 Å². The number of allylic oxidation sites excluding steroid dienone is 2. The summed E-state index contributed by atoms with van der Waals surface area (Å²) in [5.41, 5.74) is 0. The van der Waals surface area contributed by atoms with Crippen LogP contribution in [0.15, 0.2) is 12.2 Å². The zero-order valence-corrected chi connectivity index (χ0v) is 7.64. The molecule has 3 nitrogen and oxygen atoms in total. The molecule has 1 N–H and O–H groups in total. The Kier molecular flexibility index (Phi) is 1.00. The Balaban J connectivity index is 1.80. The van der Waals surface area contributed by atoms with Crippen molar-refractivity contribution in [1.29, 1.82) is 0 Å². The van der Waals surface area contributed by atoms with Crippen LogP contribution >= 0.6 is 0 Å². The van der Waals surface area contributed by atoms with Crippen LogP contribution in [-0.2, 0) is 9.59 Å². The summed E-state index contributed by atoms with van der Waals surface area (Å²) in [6, 6.07) is 0. The molecule has 5 unspecified atom stereocenters. The van der Waals surface area contributed by atoms with E-state index in [9.17, 15) is 9.59 Å². The van der Waals surface area contributed by atoms with E-state index in [4.69, 9.17) is 0 Å². The van der Waals surface area contributed by atoms with Gasteiger partial charge in [0.05, 0.1) is 11.8 Å². The summed E-state index contributed by atoms with van der Waals surface area (Å²) in [6.07, 6.45) is 5.68. The summed E-state index contributed by atoms with van der Waals surface area (Å²) in [4.78, 5) is 23.0. The van der Waals surface area contributed by atoms with E-state index in [1.54, 1.807) is 0 Å². The van der Waals surface area contributed by atoms with Crippen LogP contribution in [0.5, 0.6) is 0 Å². The number of carbonyl (C=O) groups excluding carboxylic acids is 2. The highest BCUT2D eigenvalue weighted by Crippen LogP contribution is 2.65. The molecule has 14 heavy (non-hydrogen) atoms. The molecule has 3 aliphatic carbocycles. The van der Waals surface area contributed by atoms with Gasteiger partial charge < -0.3 is 0 Å². The van der Waals surface area contributed by atoms with Crippen molar-refractivity contribution in [3.63, 3.8) is 0 Å². The zero-order chi connectivity index (χ0) is 9.45. The van der Waals surface area contributed by atoms with Crippen molar-refractivity contribution in [2.75, 3.05) is 0 Å². The molecule has 2 saturated carbocycles. The van der Waals surface area contributed by atoms with Gasteiger partial charge in [0.15, 0.2) is 0 Å². The third kappa shape index (κ3) is 0.552. The van der Waals surface area contributed by atoms with Crippen molar-refractivity contribution < 1.29 is 9.59 Å². The van der Waals surface area contributed by atoms with Gasteiger partial charge in [-0.2, -0.15) is 0 Å². The lowest BCUT2D eigenvalue weighted by atomic mass is 9.54. The number of hydrogen-bond acceptors (Lipinski definition) is 2. The van der Waals surface area contributed by atoms with Crippen LogP contribution in [-0.4, -0.2) is 11.8 Å². The largest absolute Gasteiger partial charge is 0.296 e. The predicted octanol–water partition coefficient (Wildman–Crippen LogP) is 0.327. The van der Waals surface area contributed by atoms with Gasteiger partial charge in [-0.15, -0.1) is 0 Å². The first-order valence-corrected chi connectivity index (χ1v) is 5.30. The summed E-state index contributed by atoms with van der Waals surface area (Å²) in [6.45, 7) is 0.